The normalized spacial score (nSPS) is 32.4. The second kappa shape index (κ2) is 7.35. The minimum Gasteiger partial charge on any atom is -0.504 e. The molecule has 7 heteroatoms. The maximum Gasteiger partial charge on any atom is 0.161 e. The molecule has 6 bridgehead atoms. The van der Waals surface area contributed by atoms with E-state index < -0.39 is 23.3 Å². The first-order valence-corrected chi connectivity index (χ1v) is 10.9. The first kappa shape index (κ1) is 20.5. The fraction of sp³-hybridized carbons (Fsp3) is 0.500. The number of anilines is 1. The Balaban J connectivity index is 1.59. The van der Waals surface area contributed by atoms with Crippen molar-refractivity contribution in [2.24, 2.45) is 5.92 Å². The van der Waals surface area contributed by atoms with Gasteiger partial charge in [0.1, 0.15) is 17.7 Å². The van der Waals surface area contributed by atoms with Gasteiger partial charge in [-0.3, -0.25) is 0 Å². The van der Waals surface area contributed by atoms with Crippen molar-refractivity contribution in [3.63, 3.8) is 0 Å². The summed E-state index contributed by atoms with van der Waals surface area (Å²) in [6.45, 7) is 0.820. The van der Waals surface area contributed by atoms with E-state index in [1.54, 1.807) is 18.0 Å². The molecule has 0 aromatic heterocycles. The molecule has 5 rings (SSSR count). The van der Waals surface area contributed by atoms with Crippen LogP contribution >= 0.6 is 0 Å². The summed E-state index contributed by atoms with van der Waals surface area (Å²) in [5.74, 6) is -0.979. The number of likely N-dealkylation sites (tertiary alicyclic amines) is 1. The topological polar surface area (TPSA) is 56.2 Å². The fourth-order valence-electron chi connectivity index (χ4n) is 5.99. The molecule has 3 aliphatic rings. The van der Waals surface area contributed by atoms with Crippen molar-refractivity contribution in [3.05, 3.63) is 53.6 Å². The van der Waals surface area contributed by atoms with Crippen LogP contribution in [0.15, 0.2) is 36.4 Å². The first-order chi connectivity index (χ1) is 14.8. The molecule has 166 valence electrons. The molecule has 2 fully saturated rings. The minimum absolute atomic E-state index is 0.0528. The number of ether oxygens (including phenoxy) is 1. The quantitative estimate of drug-likeness (QED) is 0.766. The molecule has 5 atom stereocenters. The maximum absolute atomic E-state index is 14.6. The van der Waals surface area contributed by atoms with Crippen molar-refractivity contribution in [1.29, 1.82) is 0 Å². The number of hydrogen-bond donors (Lipinski definition) is 2. The van der Waals surface area contributed by atoms with Gasteiger partial charge in [-0.1, -0.05) is 6.07 Å². The highest BCUT2D eigenvalue weighted by Gasteiger charge is 2.57. The molecule has 0 spiro atoms. The number of piperidine rings is 1. The monoisotopic (exact) mass is 430 g/mol. The van der Waals surface area contributed by atoms with Gasteiger partial charge in [-0.2, -0.15) is 0 Å². The van der Waals surface area contributed by atoms with Crippen LogP contribution in [0.3, 0.4) is 0 Å². The molecule has 2 aromatic rings. The number of halogens is 2. The second-order valence-electron chi connectivity index (χ2n) is 9.28. The van der Waals surface area contributed by atoms with Gasteiger partial charge in [-0.15, -0.1) is 0 Å². The summed E-state index contributed by atoms with van der Waals surface area (Å²) in [7, 11) is 3.82. The SMILES string of the molecule is CN1CCC2[C@H]3Oc4cc(ccc4O)CC1C2(O)CCC3N(C)c1ccc(F)cc1F. The third-order valence-electron chi connectivity index (χ3n) is 7.66. The molecule has 2 aliphatic heterocycles. The van der Waals surface area contributed by atoms with E-state index >= 15 is 0 Å². The van der Waals surface area contributed by atoms with E-state index in [0.29, 0.717) is 30.7 Å². The average molecular weight is 430 g/mol. The number of hydrogen-bond acceptors (Lipinski definition) is 5. The van der Waals surface area contributed by atoms with Crippen LogP contribution < -0.4 is 9.64 Å². The standard InChI is InChI=1S/C24H28F2N2O3/c1-27-10-8-16-23-19(28(2)18-5-4-15(25)13-17(18)26)7-9-24(16,30)22(27)12-14-3-6-20(29)21(11-14)31-23/h3-6,11,13,16,19,22-23,29-30H,7-10,12H2,1-2H3/t16?,19?,22?,23-,24?/m1/s1. The van der Waals surface area contributed by atoms with Crippen LogP contribution in [-0.2, 0) is 6.42 Å². The van der Waals surface area contributed by atoms with Crippen LogP contribution in [-0.4, -0.2) is 59.5 Å². The van der Waals surface area contributed by atoms with Crippen LogP contribution in [0.5, 0.6) is 11.5 Å². The molecule has 0 radical (unpaired) electrons. The van der Waals surface area contributed by atoms with E-state index in [-0.39, 0.29) is 23.8 Å². The van der Waals surface area contributed by atoms with E-state index in [0.717, 1.165) is 24.6 Å². The summed E-state index contributed by atoms with van der Waals surface area (Å²) < 4.78 is 34.5. The van der Waals surface area contributed by atoms with Crippen molar-refractivity contribution in [2.45, 2.75) is 49.5 Å². The predicted octanol–water partition coefficient (Wildman–Crippen LogP) is 3.32. The van der Waals surface area contributed by atoms with Crippen LogP contribution in [0.25, 0.3) is 0 Å². The number of nitrogens with zero attached hydrogens (tertiary/aromatic N) is 2. The molecule has 1 saturated heterocycles. The van der Waals surface area contributed by atoms with Crippen molar-refractivity contribution < 1.29 is 23.7 Å². The largest absolute Gasteiger partial charge is 0.504 e. The Morgan fingerprint density at radius 3 is 2.74 bits per heavy atom. The fourth-order valence-corrected chi connectivity index (χ4v) is 5.99. The number of fused-ring (bicyclic) bond motifs is 2. The Kier molecular flexibility index (Phi) is 4.86. The van der Waals surface area contributed by atoms with E-state index in [4.69, 9.17) is 4.74 Å². The van der Waals surface area contributed by atoms with Gasteiger partial charge < -0.3 is 24.7 Å². The summed E-state index contributed by atoms with van der Waals surface area (Å²) in [5.41, 5.74) is 0.349. The van der Waals surface area contributed by atoms with Gasteiger partial charge in [0, 0.05) is 25.1 Å². The number of benzene rings is 2. The molecule has 1 aliphatic carbocycles. The van der Waals surface area contributed by atoms with E-state index in [9.17, 15) is 19.0 Å². The number of phenolic OH excluding ortho intramolecular Hbond substituents is 1. The zero-order valence-corrected chi connectivity index (χ0v) is 17.8. The van der Waals surface area contributed by atoms with Crippen LogP contribution in [0.1, 0.15) is 24.8 Å². The lowest BCUT2D eigenvalue weighted by Crippen LogP contribution is -2.69. The molecule has 2 aromatic carbocycles. The minimum atomic E-state index is -0.946. The highest BCUT2D eigenvalue weighted by Crippen LogP contribution is 2.49. The lowest BCUT2D eigenvalue weighted by atomic mass is 9.63. The zero-order chi connectivity index (χ0) is 21.9. The molecule has 0 amide bonds. The first-order valence-electron chi connectivity index (χ1n) is 10.9. The van der Waals surface area contributed by atoms with Gasteiger partial charge in [0.05, 0.1) is 17.3 Å². The zero-order valence-electron chi connectivity index (χ0n) is 17.8. The van der Waals surface area contributed by atoms with E-state index in [2.05, 4.69) is 4.90 Å². The predicted molar refractivity (Wildman–Crippen MR) is 113 cm³/mol. The number of rotatable bonds is 2. The summed E-state index contributed by atoms with van der Waals surface area (Å²) in [6, 6.07) is 8.61. The van der Waals surface area contributed by atoms with E-state index in [1.807, 2.05) is 19.2 Å². The molecule has 5 nitrogen and oxygen atoms in total. The van der Waals surface area contributed by atoms with E-state index in [1.165, 1.54) is 12.1 Å². The molecule has 1 saturated carbocycles. The van der Waals surface area contributed by atoms with Crippen molar-refractivity contribution in [3.8, 4) is 11.5 Å². The Hall–Kier alpha value is -2.38. The van der Waals surface area contributed by atoms with Crippen molar-refractivity contribution in [1.82, 2.24) is 4.90 Å². The van der Waals surface area contributed by atoms with Crippen molar-refractivity contribution in [2.75, 3.05) is 25.5 Å². The number of likely N-dealkylation sites (N-methyl/N-ethyl adjacent to an activating group) is 2. The Bertz CT molecular complexity index is 1000. The second-order valence-corrected chi connectivity index (χ2v) is 9.28. The number of aromatic hydroxyl groups is 1. The summed E-state index contributed by atoms with van der Waals surface area (Å²) in [6.07, 6.45) is 2.10. The van der Waals surface area contributed by atoms with Gasteiger partial charge in [-0.05, 0) is 69.1 Å². The summed E-state index contributed by atoms with van der Waals surface area (Å²) in [5, 5.41) is 22.4. The average Bonchev–Trinajstić information content (AvgIpc) is 2.73. The molecular weight excluding hydrogens is 402 g/mol. The third-order valence-corrected chi connectivity index (χ3v) is 7.66. The van der Waals surface area contributed by atoms with Crippen LogP contribution in [0.2, 0.25) is 0 Å². The smallest absolute Gasteiger partial charge is 0.161 e. The number of phenols is 1. The van der Waals surface area contributed by atoms with Crippen LogP contribution in [0.4, 0.5) is 14.5 Å². The van der Waals surface area contributed by atoms with Gasteiger partial charge in [0.15, 0.2) is 11.5 Å². The Morgan fingerprint density at radius 1 is 1.16 bits per heavy atom. The van der Waals surface area contributed by atoms with Gasteiger partial charge in [-0.25, -0.2) is 8.78 Å². The lowest BCUT2D eigenvalue weighted by molar-refractivity contribution is -0.168. The molecule has 2 heterocycles. The number of aliphatic hydroxyl groups is 1. The van der Waals surface area contributed by atoms with Gasteiger partial charge in [0.25, 0.3) is 0 Å². The summed E-state index contributed by atoms with van der Waals surface area (Å²) in [4.78, 5) is 4.01. The van der Waals surface area contributed by atoms with Gasteiger partial charge in [0.2, 0.25) is 0 Å². The third kappa shape index (κ3) is 3.26. The van der Waals surface area contributed by atoms with Crippen molar-refractivity contribution >= 4 is 5.69 Å². The highest BCUT2D eigenvalue weighted by atomic mass is 19.1. The van der Waals surface area contributed by atoms with Gasteiger partial charge >= 0.3 is 0 Å². The highest BCUT2D eigenvalue weighted by molar-refractivity contribution is 5.49. The Morgan fingerprint density at radius 2 is 1.97 bits per heavy atom. The molecular formula is C24H28F2N2O3. The lowest BCUT2D eigenvalue weighted by Gasteiger charge is -2.57. The summed E-state index contributed by atoms with van der Waals surface area (Å²) >= 11 is 0. The molecule has 2 N–H and O–H groups in total. The maximum atomic E-state index is 14.6. The molecule has 31 heavy (non-hydrogen) atoms. The van der Waals surface area contributed by atoms with Crippen LogP contribution in [0, 0.1) is 17.6 Å². The Labute approximate surface area is 180 Å². The molecule has 4 unspecified atom stereocenters.